The van der Waals surface area contributed by atoms with Gasteiger partial charge in [-0.05, 0) is 25.1 Å². The molecule has 0 spiro atoms. The summed E-state index contributed by atoms with van der Waals surface area (Å²) in [6.45, 7) is 2.07. The van der Waals surface area contributed by atoms with E-state index in [2.05, 4.69) is 28.1 Å². The molecule has 2 heterocycles. The average Bonchev–Trinajstić information content (AvgIpc) is 2.68. The van der Waals surface area contributed by atoms with E-state index in [1.807, 2.05) is 0 Å². The Kier molecular flexibility index (Phi) is 3.42. The fraction of sp³-hybridized carbons (Fsp3) is 0.778. The molecule has 0 aliphatic carbocycles. The summed E-state index contributed by atoms with van der Waals surface area (Å²) in [5, 5.41) is 11.4. The highest BCUT2D eigenvalue weighted by molar-refractivity contribution is 7.80. The second-order valence-electron chi connectivity index (χ2n) is 3.55. The summed E-state index contributed by atoms with van der Waals surface area (Å²) in [5.41, 5.74) is 0. The average molecular weight is 213 g/mol. The smallest absolute Gasteiger partial charge is 0.220 e. The number of rotatable bonds is 3. The van der Waals surface area contributed by atoms with Gasteiger partial charge >= 0.3 is 0 Å². The van der Waals surface area contributed by atoms with Crippen LogP contribution in [0.25, 0.3) is 0 Å². The fourth-order valence-corrected chi connectivity index (χ4v) is 1.88. The second kappa shape index (κ2) is 4.79. The van der Waals surface area contributed by atoms with E-state index in [1.165, 1.54) is 6.42 Å². The van der Waals surface area contributed by atoms with Crippen molar-refractivity contribution >= 4 is 12.6 Å². The number of hydrogen-bond donors (Lipinski definition) is 2. The normalized spacial score (nSPS) is 22.5. The number of thiol groups is 1. The van der Waals surface area contributed by atoms with Crippen molar-refractivity contribution in [1.82, 2.24) is 15.5 Å². The lowest BCUT2D eigenvalue weighted by molar-refractivity contribution is 0.364. The van der Waals surface area contributed by atoms with Crippen molar-refractivity contribution in [1.29, 1.82) is 0 Å². The van der Waals surface area contributed by atoms with Gasteiger partial charge in [-0.2, -0.15) is 12.6 Å². The van der Waals surface area contributed by atoms with Gasteiger partial charge in [-0.3, -0.25) is 0 Å². The zero-order valence-corrected chi connectivity index (χ0v) is 8.96. The Morgan fingerprint density at radius 2 is 2.43 bits per heavy atom. The van der Waals surface area contributed by atoms with E-state index >= 15 is 0 Å². The molecule has 0 radical (unpaired) electrons. The SMILES string of the molecule is SCCc1nnc(C2CCCNC2)o1. The number of aryl methyl sites for hydroxylation is 1. The summed E-state index contributed by atoms with van der Waals surface area (Å²) in [4.78, 5) is 0. The van der Waals surface area contributed by atoms with Gasteiger partial charge in [-0.1, -0.05) is 0 Å². The third-order valence-electron chi connectivity index (χ3n) is 2.45. The first-order valence-corrected chi connectivity index (χ1v) is 5.67. The van der Waals surface area contributed by atoms with Crippen LogP contribution in [0.2, 0.25) is 0 Å². The molecular formula is C9H15N3OS. The number of nitrogens with one attached hydrogen (secondary N) is 1. The van der Waals surface area contributed by atoms with Crippen LogP contribution in [0.1, 0.15) is 30.5 Å². The Labute approximate surface area is 88.9 Å². The van der Waals surface area contributed by atoms with E-state index in [0.717, 1.165) is 37.6 Å². The molecule has 2 rings (SSSR count). The molecule has 0 saturated carbocycles. The summed E-state index contributed by atoms with van der Waals surface area (Å²) < 4.78 is 5.55. The first kappa shape index (κ1) is 9.98. The number of piperidine rings is 1. The molecule has 1 aliphatic heterocycles. The van der Waals surface area contributed by atoms with Crippen LogP contribution < -0.4 is 5.32 Å². The monoisotopic (exact) mass is 213 g/mol. The van der Waals surface area contributed by atoms with Crippen molar-refractivity contribution in [2.75, 3.05) is 18.8 Å². The number of hydrogen-bond acceptors (Lipinski definition) is 5. The van der Waals surface area contributed by atoms with Gasteiger partial charge in [0.15, 0.2) is 0 Å². The van der Waals surface area contributed by atoms with Gasteiger partial charge in [-0.15, -0.1) is 10.2 Å². The van der Waals surface area contributed by atoms with E-state index in [-0.39, 0.29) is 0 Å². The van der Waals surface area contributed by atoms with Crippen molar-refractivity contribution in [3.05, 3.63) is 11.8 Å². The van der Waals surface area contributed by atoms with Gasteiger partial charge in [0.1, 0.15) is 0 Å². The van der Waals surface area contributed by atoms with Gasteiger partial charge < -0.3 is 9.73 Å². The molecule has 1 aliphatic rings. The van der Waals surface area contributed by atoms with Crippen molar-refractivity contribution in [2.45, 2.75) is 25.2 Å². The van der Waals surface area contributed by atoms with Crippen molar-refractivity contribution in [2.24, 2.45) is 0 Å². The predicted octanol–water partition coefficient (Wildman–Crippen LogP) is 1.01. The van der Waals surface area contributed by atoms with E-state index in [4.69, 9.17) is 4.42 Å². The van der Waals surface area contributed by atoms with Gasteiger partial charge in [0.25, 0.3) is 0 Å². The molecule has 14 heavy (non-hydrogen) atoms. The van der Waals surface area contributed by atoms with Gasteiger partial charge in [0.2, 0.25) is 11.8 Å². The van der Waals surface area contributed by atoms with Crippen LogP contribution >= 0.6 is 12.6 Å². The van der Waals surface area contributed by atoms with Gasteiger partial charge in [0.05, 0.1) is 0 Å². The topological polar surface area (TPSA) is 51.0 Å². The Morgan fingerprint density at radius 1 is 1.50 bits per heavy atom. The third-order valence-corrected chi connectivity index (χ3v) is 2.68. The third kappa shape index (κ3) is 2.27. The molecule has 1 atom stereocenters. The standard InChI is InChI=1S/C9H15N3OS/c14-5-3-8-11-12-9(13-8)7-2-1-4-10-6-7/h7,10,14H,1-6H2. The van der Waals surface area contributed by atoms with Crippen LogP contribution in [-0.2, 0) is 6.42 Å². The summed E-state index contributed by atoms with van der Waals surface area (Å²) in [5.74, 6) is 2.66. The van der Waals surface area contributed by atoms with Gasteiger partial charge in [0, 0.05) is 18.9 Å². The lowest BCUT2D eigenvalue weighted by Gasteiger charge is -2.18. The highest BCUT2D eigenvalue weighted by atomic mass is 32.1. The van der Waals surface area contributed by atoms with Crippen LogP contribution in [0, 0.1) is 0 Å². The summed E-state index contributed by atoms with van der Waals surface area (Å²) >= 11 is 4.13. The highest BCUT2D eigenvalue weighted by Gasteiger charge is 2.20. The predicted molar refractivity (Wildman–Crippen MR) is 56.7 cm³/mol. The molecule has 5 heteroatoms. The Bertz CT molecular complexity index is 283. The largest absolute Gasteiger partial charge is 0.425 e. The van der Waals surface area contributed by atoms with E-state index < -0.39 is 0 Å². The van der Waals surface area contributed by atoms with Crippen LogP contribution in [0.5, 0.6) is 0 Å². The Morgan fingerprint density at radius 3 is 3.14 bits per heavy atom. The first-order valence-electron chi connectivity index (χ1n) is 5.04. The van der Waals surface area contributed by atoms with Crippen molar-refractivity contribution in [3.8, 4) is 0 Å². The zero-order valence-electron chi connectivity index (χ0n) is 8.07. The molecule has 1 N–H and O–H groups in total. The Balaban J connectivity index is 2.00. The highest BCUT2D eigenvalue weighted by Crippen LogP contribution is 2.21. The fourth-order valence-electron chi connectivity index (χ4n) is 1.69. The van der Waals surface area contributed by atoms with E-state index in [9.17, 15) is 0 Å². The van der Waals surface area contributed by atoms with Crippen LogP contribution in [0.4, 0.5) is 0 Å². The van der Waals surface area contributed by atoms with Crippen molar-refractivity contribution < 1.29 is 4.42 Å². The molecule has 0 bridgehead atoms. The number of nitrogens with zero attached hydrogens (tertiary/aromatic N) is 2. The van der Waals surface area contributed by atoms with Crippen LogP contribution in [0.15, 0.2) is 4.42 Å². The second-order valence-corrected chi connectivity index (χ2v) is 4.00. The maximum absolute atomic E-state index is 5.55. The lowest BCUT2D eigenvalue weighted by atomic mass is 10.00. The Hall–Kier alpha value is -0.550. The molecule has 1 aromatic rings. The molecule has 0 aromatic carbocycles. The molecular weight excluding hydrogens is 198 g/mol. The quantitative estimate of drug-likeness (QED) is 0.736. The minimum Gasteiger partial charge on any atom is -0.425 e. The summed E-state index contributed by atoms with van der Waals surface area (Å²) in [6.07, 6.45) is 3.10. The van der Waals surface area contributed by atoms with Crippen LogP contribution in [-0.4, -0.2) is 29.0 Å². The van der Waals surface area contributed by atoms with E-state index in [1.54, 1.807) is 0 Å². The van der Waals surface area contributed by atoms with Gasteiger partial charge in [-0.25, -0.2) is 0 Å². The lowest BCUT2D eigenvalue weighted by Crippen LogP contribution is -2.28. The van der Waals surface area contributed by atoms with Crippen molar-refractivity contribution in [3.63, 3.8) is 0 Å². The zero-order chi connectivity index (χ0) is 9.80. The van der Waals surface area contributed by atoms with Crippen LogP contribution in [0.3, 0.4) is 0 Å². The minimum atomic E-state index is 0.407. The number of aromatic nitrogens is 2. The molecule has 1 aromatic heterocycles. The molecule has 0 amide bonds. The maximum atomic E-state index is 5.55. The molecule has 1 unspecified atom stereocenters. The van der Waals surface area contributed by atoms with E-state index in [0.29, 0.717) is 11.8 Å². The first-order chi connectivity index (χ1) is 6.90. The maximum Gasteiger partial charge on any atom is 0.220 e. The molecule has 78 valence electrons. The summed E-state index contributed by atoms with van der Waals surface area (Å²) in [6, 6.07) is 0. The molecule has 1 fully saturated rings. The minimum absolute atomic E-state index is 0.407. The summed E-state index contributed by atoms with van der Waals surface area (Å²) in [7, 11) is 0. The molecule has 4 nitrogen and oxygen atoms in total. The molecule has 1 saturated heterocycles.